The van der Waals surface area contributed by atoms with E-state index in [4.69, 9.17) is 4.42 Å². The first-order valence-electron chi connectivity index (χ1n) is 8.09. The zero-order chi connectivity index (χ0) is 18.0. The van der Waals surface area contributed by atoms with Gasteiger partial charge in [-0.2, -0.15) is 13.2 Å². The van der Waals surface area contributed by atoms with E-state index in [1.165, 1.54) is 12.1 Å². The molecule has 1 saturated heterocycles. The molecule has 1 fully saturated rings. The number of nitrogens with zero attached hydrogens (tertiary/aromatic N) is 1. The molecule has 0 amide bonds. The van der Waals surface area contributed by atoms with Gasteiger partial charge < -0.3 is 15.1 Å². The molecule has 0 bridgehead atoms. The van der Waals surface area contributed by atoms with E-state index in [0.717, 1.165) is 32.0 Å². The summed E-state index contributed by atoms with van der Waals surface area (Å²) in [5, 5.41) is 12.0. The molecule has 3 rings (SSSR count). The first-order chi connectivity index (χ1) is 11.8. The Morgan fingerprint density at radius 3 is 2.58 bits per heavy atom. The van der Waals surface area contributed by atoms with Gasteiger partial charge in [0.25, 0.3) is 0 Å². The number of aromatic nitrogens is 2. The predicted octanol–water partition coefficient (Wildman–Crippen LogP) is 3.27. The number of alkyl halides is 3. The molecule has 6 nitrogen and oxygen atoms in total. The maximum atomic E-state index is 13.3. The minimum Gasteiger partial charge on any atom is -0.388 e. The lowest BCUT2D eigenvalue weighted by Gasteiger charge is -2.30. The summed E-state index contributed by atoms with van der Waals surface area (Å²) in [6.07, 6.45) is -2.67. The third kappa shape index (κ3) is 4.59. The number of anilines is 1. The van der Waals surface area contributed by atoms with Crippen LogP contribution in [0.15, 0.2) is 27.4 Å². The lowest BCUT2D eigenvalue weighted by Crippen LogP contribution is -2.36. The Morgan fingerprint density at radius 1 is 1.31 bits per heavy atom. The molecule has 0 aliphatic carbocycles. The highest BCUT2D eigenvalue weighted by Gasteiger charge is 2.34. The number of rotatable bonds is 4. The molecular formula is C16H20ClF3N4O2. The summed E-state index contributed by atoms with van der Waals surface area (Å²) in [7, 11) is 0. The number of nitrogens with one attached hydrogen (secondary N) is 3. The van der Waals surface area contributed by atoms with Gasteiger partial charge in [-0.25, -0.2) is 9.89 Å². The quantitative estimate of drug-likeness (QED) is 0.743. The van der Waals surface area contributed by atoms with Crippen molar-refractivity contribution in [2.24, 2.45) is 5.92 Å². The van der Waals surface area contributed by atoms with Gasteiger partial charge in [-0.3, -0.25) is 0 Å². The second kappa shape index (κ2) is 8.13. The Kier molecular flexibility index (Phi) is 6.35. The average molecular weight is 393 g/mol. The molecule has 1 aliphatic heterocycles. The summed E-state index contributed by atoms with van der Waals surface area (Å²) >= 11 is 0. The molecule has 10 heteroatoms. The van der Waals surface area contributed by atoms with Crippen LogP contribution in [-0.4, -0.2) is 29.3 Å². The van der Waals surface area contributed by atoms with Crippen molar-refractivity contribution in [3.63, 3.8) is 0 Å². The van der Waals surface area contributed by atoms with Crippen LogP contribution in [0.2, 0.25) is 0 Å². The number of hydrogen-bond acceptors (Lipinski definition) is 5. The third-order valence-electron chi connectivity index (χ3n) is 4.48. The van der Waals surface area contributed by atoms with Gasteiger partial charge in [-0.05, 0) is 57.0 Å². The normalized spacial score (nSPS) is 16.8. The predicted molar refractivity (Wildman–Crippen MR) is 93.5 cm³/mol. The summed E-state index contributed by atoms with van der Waals surface area (Å²) in [5.74, 6) is -0.516. The molecule has 0 spiro atoms. The number of benzene rings is 1. The molecule has 1 atom stereocenters. The van der Waals surface area contributed by atoms with E-state index in [-0.39, 0.29) is 35.9 Å². The topological polar surface area (TPSA) is 83.0 Å². The van der Waals surface area contributed by atoms with Crippen molar-refractivity contribution < 1.29 is 17.6 Å². The monoisotopic (exact) mass is 392 g/mol. The summed E-state index contributed by atoms with van der Waals surface area (Å²) in [6, 6.07) is 3.41. The molecule has 1 aromatic carbocycles. The van der Waals surface area contributed by atoms with Crippen LogP contribution in [0.1, 0.15) is 25.3 Å². The zero-order valence-corrected chi connectivity index (χ0v) is 14.8. The molecule has 26 heavy (non-hydrogen) atoms. The van der Waals surface area contributed by atoms with Crippen molar-refractivity contribution in [1.29, 1.82) is 0 Å². The molecule has 0 unspecified atom stereocenters. The number of halogens is 4. The van der Waals surface area contributed by atoms with Gasteiger partial charge >= 0.3 is 11.9 Å². The van der Waals surface area contributed by atoms with Crippen molar-refractivity contribution in [1.82, 2.24) is 15.5 Å². The van der Waals surface area contributed by atoms with Crippen molar-refractivity contribution in [3.05, 3.63) is 34.3 Å². The van der Waals surface area contributed by atoms with Crippen LogP contribution in [0.4, 0.5) is 18.9 Å². The minimum absolute atomic E-state index is 0. The summed E-state index contributed by atoms with van der Waals surface area (Å²) in [6.45, 7) is 3.61. The van der Waals surface area contributed by atoms with Crippen LogP contribution in [0.25, 0.3) is 11.5 Å². The van der Waals surface area contributed by atoms with E-state index in [0.29, 0.717) is 5.56 Å². The van der Waals surface area contributed by atoms with E-state index in [1.54, 1.807) is 0 Å². The average Bonchev–Trinajstić information content (AvgIpc) is 3.01. The highest BCUT2D eigenvalue weighted by atomic mass is 35.5. The lowest BCUT2D eigenvalue weighted by atomic mass is 9.91. The van der Waals surface area contributed by atoms with Crippen LogP contribution < -0.4 is 16.4 Å². The fraction of sp³-hybridized carbons (Fsp3) is 0.500. The van der Waals surface area contributed by atoms with E-state index in [1.807, 2.05) is 6.92 Å². The van der Waals surface area contributed by atoms with Crippen LogP contribution in [0.5, 0.6) is 0 Å². The Bertz CT molecular complexity index is 784. The summed E-state index contributed by atoms with van der Waals surface area (Å²) < 4.78 is 44.8. The molecule has 1 aromatic heterocycles. The van der Waals surface area contributed by atoms with E-state index < -0.39 is 17.5 Å². The maximum Gasteiger partial charge on any atom is 0.434 e. The van der Waals surface area contributed by atoms with Gasteiger partial charge in [-0.15, -0.1) is 17.5 Å². The molecule has 2 heterocycles. The molecule has 144 valence electrons. The van der Waals surface area contributed by atoms with Crippen LogP contribution in [0, 0.1) is 5.92 Å². The van der Waals surface area contributed by atoms with Crippen molar-refractivity contribution in [2.75, 3.05) is 18.4 Å². The lowest BCUT2D eigenvalue weighted by molar-refractivity contribution is -0.137. The van der Waals surface area contributed by atoms with Crippen LogP contribution in [0.3, 0.4) is 0 Å². The fourth-order valence-electron chi connectivity index (χ4n) is 3.10. The van der Waals surface area contributed by atoms with Crippen molar-refractivity contribution >= 4 is 18.1 Å². The third-order valence-corrected chi connectivity index (χ3v) is 4.48. The Labute approximate surface area is 154 Å². The van der Waals surface area contributed by atoms with Crippen LogP contribution in [-0.2, 0) is 6.18 Å². The maximum absolute atomic E-state index is 13.3. The highest BCUT2D eigenvalue weighted by Crippen LogP contribution is 2.37. The minimum atomic E-state index is -4.49. The highest BCUT2D eigenvalue weighted by molar-refractivity contribution is 5.85. The second-order valence-corrected chi connectivity index (χ2v) is 6.20. The van der Waals surface area contributed by atoms with Gasteiger partial charge in [0.2, 0.25) is 5.89 Å². The Hall–Kier alpha value is -2.00. The molecular weight excluding hydrogens is 373 g/mol. The van der Waals surface area contributed by atoms with Crippen molar-refractivity contribution in [2.45, 2.75) is 32.0 Å². The van der Waals surface area contributed by atoms with Gasteiger partial charge in [0.1, 0.15) is 0 Å². The van der Waals surface area contributed by atoms with Gasteiger partial charge in [-0.1, -0.05) is 0 Å². The van der Waals surface area contributed by atoms with Crippen LogP contribution >= 0.6 is 12.4 Å². The fourth-order valence-corrected chi connectivity index (χ4v) is 3.10. The second-order valence-electron chi connectivity index (χ2n) is 6.20. The number of piperidine rings is 1. The van der Waals surface area contributed by atoms with Gasteiger partial charge in [0.15, 0.2) is 0 Å². The summed E-state index contributed by atoms with van der Waals surface area (Å²) in [5.41, 5.74) is -0.497. The van der Waals surface area contributed by atoms with E-state index in [9.17, 15) is 18.0 Å². The molecule has 1 aliphatic rings. The zero-order valence-electron chi connectivity index (χ0n) is 14.0. The van der Waals surface area contributed by atoms with E-state index >= 15 is 0 Å². The SMILES string of the molecule is C[C@H](Nc1cc(-c2n[nH]c(=O)o2)ccc1C(F)(F)F)C1CCNCC1.Cl. The largest absolute Gasteiger partial charge is 0.434 e. The Balaban J connectivity index is 0.00000243. The molecule has 2 aromatic rings. The molecule has 0 radical (unpaired) electrons. The smallest absolute Gasteiger partial charge is 0.388 e. The van der Waals surface area contributed by atoms with Gasteiger partial charge in [0, 0.05) is 17.3 Å². The number of aromatic amines is 1. The van der Waals surface area contributed by atoms with Crippen molar-refractivity contribution in [3.8, 4) is 11.5 Å². The van der Waals surface area contributed by atoms with E-state index in [2.05, 4.69) is 20.8 Å². The van der Waals surface area contributed by atoms with Gasteiger partial charge in [0.05, 0.1) is 5.56 Å². The Morgan fingerprint density at radius 2 is 2.00 bits per heavy atom. The first kappa shape index (κ1) is 20.3. The summed E-state index contributed by atoms with van der Waals surface area (Å²) in [4.78, 5) is 11.1. The first-order valence-corrected chi connectivity index (χ1v) is 8.09. The standard InChI is InChI=1S/C16H19F3N4O2.ClH/c1-9(10-4-6-20-7-5-10)21-13-8-11(14-22-23-15(24)25-14)2-3-12(13)16(17,18)19;/h2-3,8-10,20-21H,4-7H2,1H3,(H,23,24);1H/t9-;/m0./s1. The number of H-pyrrole nitrogens is 1. The molecule has 0 saturated carbocycles. The molecule has 3 N–H and O–H groups in total. The number of hydrogen-bond donors (Lipinski definition) is 3.